The average Bonchev–Trinajstić information content (AvgIpc) is 2.96. The number of ether oxygens (including phenoxy) is 1. The number of rotatable bonds is 6. The van der Waals surface area contributed by atoms with Gasteiger partial charge in [-0.3, -0.25) is 14.9 Å². The molecule has 1 aromatic heterocycles. The van der Waals surface area contributed by atoms with Crippen molar-refractivity contribution in [3.8, 4) is 0 Å². The van der Waals surface area contributed by atoms with Gasteiger partial charge in [0.2, 0.25) is 0 Å². The summed E-state index contributed by atoms with van der Waals surface area (Å²) in [5, 5.41) is 15.1. The van der Waals surface area contributed by atoms with Crippen molar-refractivity contribution in [1.82, 2.24) is 0 Å². The Morgan fingerprint density at radius 1 is 1.33 bits per heavy atom. The highest BCUT2D eigenvalue weighted by atomic mass is 32.1. The van der Waals surface area contributed by atoms with Crippen LogP contribution in [0.3, 0.4) is 0 Å². The number of nitrogens with one attached hydrogen (secondary N) is 1. The van der Waals surface area contributed by atoms with E-state index in [1.807, 2.05) is 18.4 Å². The average molecular weight is 346 g/mol. The zero-order chi connectivity index (χ0) is 17.5. The Morgan fingerprint density at radius 3 is 2.75 bits per heavy atom. The molecule has 0 saturated carbocycles. The summed E-state index contributed by atoms with van der Waals surface area (Å²) in [5.74, 6) is -1.32. The number of hydrogen-bond acceptors (Lipinski definition) is 6. The van der Waals surface area contributed by atoms with Gasteiger partial charge in [0.05, 0.1) is 4.92 Å². The molecule has 2 rings (SSSR count). The van der Waals surface area contributed by atoms with E-state index in [-0.39, 0.29) is 11.4 Å². The molecule has 1 N–H and O–H groups in total. The van der Waals surface area contributed by atoms with Crippen LogP contribution in [0.15, 0.2) is 41.8 Å². The summed E-state index contributed by atoms with van der Waals surface area (Å²) in [6.07, 6.45) is 2.85. The van der Waals surface area contributed by atoms with Crippen LogP contribution in [0.25, 0.3) is 6.08 Å². The summed E-state index contributed by atoms with van der Waals surface area (Å²) in [7, 11) is 0. The van der Waals surface area contributed by atoms with Crippen molar-refractivity contribution in [2.75, 3.05) is 11.9 Å². The second-order valence-electron chi connectivity index (χ2n) is 4.73. The third-order valence-electron chi connectivity index (χ3n) is 2.99. The SMILES string of the molecule is Cc1ccsc1/C=C/C(=O)OCC(=O)Nc1ccccc1[N+](=O)[O-]. The number of carbonyl (C=O) groups is 2. The number of aryl methyl sites for hydroxylation is 1. The molecular weight excluding hydrogens is 332 g/mol. The van der Waals surface area contributed by atoms with Gasteiger partial charge in [-0.25, -0.2) is 4.79 Å². The van der Waals surface area contributed by atoms with Crippen LogP contribution in [0.1, 0.15) is 10.4 Å². The lowest BCUT2D eigenvalue weighted by Gasteiger charge is -2.05. The molecule has 0 aliphatic carbocycles. The number of esters is 1. The second kappa shape index (κ2) is 8.02. The molecule has 1 heterocycles. The molecule has 0 spiro atoms. The van der Waals surface area contributed by atoms with E-state index >= 15 is 0 Å². The maximum Gasteiger partial charge on any atom is 0.331 e. The zero-order valence-electron chi connectivity index (χ0n) is 12.7. The van der Waals surface area contributed by atoms with Gasteiger partial charge in [-0.15, -0.1) is 11.3 Å². The highest BCUT2D eigenvalue weighted by Crippen LogP contribution is 2.23. The third-order valence-corrected chi connectivity index (χ3v) is 3.98. The molecule has 7 nitrogen and oxygen atoms in total. The standard InChI is InChI=1S/C16H14N2O5S/c1-11-8-9-24-14(11)6-7-16(20)23-10-15(19)17-12-4-2-3-5-13(12)18(21)22/h2-9H,10H2,1H3,(H,17,19)/b7-6+. The van der Waals surface area contributed by atoms with Gasteiger partial charge in [0, 0.05) is 17.0 Å². The summed E-state index contributed by atoms with van der Waals surface area (Å²) in [6.45, 7) is 1.39. The Labute approximate surface area is 141 Å². The van der Waals surface area contributed by atoms with Crippen molar-refractivity contribution in [3.63, 3.8) is 0 Å². The second-order valence-corrected chi connectivity index (χ2v) is 5.68. The number of carbonyl (C=O) groups excluding carboxylic acids is 2. The Morgan fingerprint density at radius 2 is 2.08 bits per heavy atom. The fraction of sp³-hybridized carbons (Fsp3) is 0.125. The predicted octanol–water partition coefficient (Wildman–Crippen LogP) is 3.16. The predicted molar refractivity (Wildman–Crippen MR) is 90.8 cm³/mol. The Bertz CT molecular complexity index is 797. The molecule has 1 aromatic carbocycles. The van der Waals surface area contributed by atoms with E-state index < -0.39 is 23.4 Å². The van der Waals surface area contributed by atoms with Crippen LogP contribution in [0.5, 0.6) is 0 Å². The zero-order valence-corrected chi connectivity index (χ0v) is 13.5. The monoisotopic (exact) mass is 346 g/mol. The summed E-state index contributed by atoms with van der Waals surface area (Å²) >= 11 is 1.48. The number of anilines is 1. The Balaban J connectivity index is 1.87. The van der Waals surface area contributed by atoms with Crippen LogP contribution in [0, 0.1) is 17.0 Å². The molecule has 124 valence electrons. The first-order chi connectivity index (χ1) is 11.5. The Hall–Kier alpha value is -3.00. The number of nitro benzene ring substituents is 1. The van der Waals surface area contributed by atoms with Gasteiger partial charge in [0.25, 0.3) is 11.6 Å². The first-order valence-electron chi connectivity index (χ1n) is 6.89. The molecule has 0 saturated heterocycles. The number of amides is 1. The van der Waals surface area contributed by atoms with E-state index in [4.69, 9.17) is 4.74 Å². The molecule has 1 amide bonds. The van der Waals surface area contributed by atoms with Crippen LogP contribution in [-0.2, 0) is 14.3 Å². The van der Waals surface area contributed by atoms with Crippen LogP contribution >= 0.6 is 11.3 Å². The number of thiophene rings is 1. The third kappa shape index (κ3) is 4.75. The fourth-order valence-corrected chi connectivity index (χ4v) is 2.63. The van der Waals surface area contributed by atoms with E-state index in [0.717, 1.165) is 10.4 Å². The number of nitro groups is 1. The first-order valence-corrected chi connectivity index (χ1v) is 7.77. The van der Waals surface area contributed by atoms with Gasteiger partial charge in [0.15, 0.2) is 6.61 Å². The smallest absolute Gasteiger partial charge is 0.331 e. The number of benzene rings is 1. The van der Waals surface area contributed by atoms with Gasteiger partial charge in [-0.1, -0.05) is 12.1 Å². The van der Waals surface area contributed by atoms with Crippen molar-refractivity contribution in [1.29, 1.82) is 0 Å². The molecule has 0 bridgehead atoms. The number of para-hydroxylation sites is 2. The van der Waals surface area contributed by atoms with E-state index in [2.05, 4.69) is 5.32 Å². The van der Waals surface area contributed by atoms with Crippen molar-refractivity contribution < 1.29 is 19.2 Å². The molecule has 0 unspecified atom stereocenters. The summed E-state index contributed by atoms with van der Waals surface area (Å²) < 4.78 is 4.81. The minimum atomic E-state index is -0.666. The molecule has 0 fully saturated rings. The van der Waals surface area contributed by atoms with Crippen LogP contribution in [0.4, 0.5) is 11.4 Å². The van der Waals surface area contributed by atoms with Gasteiger partial charge in [-0.05, 0) is 36.1 Å². The van der Waals surface area contributed by atoms with Gasteiger partial charge < -0.3 is 10.1 Å². The highest BCUT2D eigenvalue weighted by molar-refractivity contribution is 7.11. The lowest BCUT2D eigenvalue weighted by Crippen LogP contribution is -2.20. The molecule has 24 heavy (non-hydrogen) atoms. The van der Waals surface area contributed by atoms with E-state index in [0.29, 0.717) is 0 Å². The molecule has 2 aromatic rings. The van der Waals surface area contributed by atoms with Crippen molar-refractivity contribution >= 4 is 40.7 Å². The number of hydrogen-bond donors (Lipinski definition) is 1. The van der Waals surface area contributed by atoms with E-state index in [1.165, 1.54) is 35.6 Å². The van der Waals surface area contributed by atoms with Crippen LogP contribution < -0.4 is 5.32 Å². The topological polar surface area (TPSA) is 98.5 Å². The maximum absolute atomic E-state index is 11.7. The van der Waals surface area contributed by atoms with Gasteiger partial charge in [0.1, 0.15) is 5.69 Å². The minimum Gasteiger partial charge on any atom is -0.452 e. The maximum atomic E-state index is 11.7. The summed E-state index contributed by atoms with van der Waals surface area (Å²) in [5.41, 5.74) is 0.858. The van der Waals surface area contributed by atoms with Crippen molar-refractivity contribution in [2.45, 2.75) is 6.92 Å². The summed E-state index contributed by atoms with van der Waals surface area (Å²) in [4.78, 5) is 34.5. The van der Waals surface area contributed by atoms with E-state index in [9.17, 15) is 19.7 Å². The molecule has 0 aliphatic rings. The van der Waals surface area contributed by atoms with Crippen molar-refractivity contribution in [2.24, 2.45) is 0 Å². The van der Waals surface area contributed by atoms with E-state index in [1.54, 1.807) is 12.1 Å². The number of nitrogens with zero attached hydrogens (tertiary/aromatic N) is 1. The lowest BCUT2D eigenvalue weighted by molar-refractivity contribution is -0.383. The van der Waals surface area contributed by atoms with Crippen molar-refractivity contribution in [3.05, 3.63) is 62.3 Å². The quantitative estimate of drug-likeness (QED) is 0.375. The Kier molecular flexibility index (Phi) is 5.80. The fourth-order valence-electron chi connectivity index (χ4n) is 1.81. The molecule has 0 radical (unpaired) electrons. The minimum absolute atomic E-state index is 0.0494. The lowest BCUT2D eigenvalue weighted by atomic mass is 10.2. The first kappa shape index (κ1) is 17.4. The van der Waals surface area contributed by atoms with Gasteiger partial charge in [-0.2, -0.15) is 0 Å². The molecule has 0 atom stereocenters. The van der Waals surface area contributed by atoms with Crippen LogP contribution in [-0.4, -0.2) is 23.4 Å². The summed E-state index contributed by atoms with van der Waals surface area (Å²) in [6, 6.07) is 7.65. The molecular formula is C16H14N2O5S. The normalized spacial score (nSPS) is 10.5. The molecule has 0 aliphatic heterocycles. The largest absolute Gasteiger partial charge is 0.452 e. The van der Waals surface area contributed by atoms with Gasteiger partial charge >= 0.3 is 5.97 Å². The van der Waals surface area contributed by atoms with Crippen LogP contribution in [0.2, 0.25) is 0 Å². The highest BCUT2D eigenvalue weighted by Gasteiger charge is 2.15. The molecule has 8 heteroatoms.